The largest absolute Gasteiger partial charge is 0.352 e. The first-order valence-electron chi connectivity index (χ1n) is 5.66. The Morgan fingerprint density at radius 3 is 2.44 bits per heavy atom. The van der Waals surface area contributed by atoms with Crippen LogP contribution in [-0.2, 0) is 0 Å². The smallest absolute Gasteiger partial charge is 0.251 e. The van der Waals surface area contributed by atoms with E-state index < -0.39 is 5.91 Å². The van der Waals surface area contributed by atoms with Crippen molar-refractivity contribution in [3.63, 3.8) is 0 Å². The van der Waals surface area contributed by atoms with Gasteiger partial charge in [-0.05, 0) is 29.2 Å². The number of unbranched alkanes of at least 4 members (excludes halogenated alkanes) is 1. The Labute approximate surface area is 105 Å². The number of rotatable bonds is 5. The lowest BCUT2D eigenvalue weighted by atomic mass is 10.1. The van der Waals surface area contributed by atoms with Crippen molar-refractivity contribution < 1.29 is 9.59 Å². The van der Waals surface area contributed by atoms with Crippen LogP contribution in [0, 0.1) is 0 Å². The topological polar surface area (TPSA) is 94.9 Å². The summed E-state index contributed by atoms with van der Waals surface area (Å²) in [5.74, 6) is -0.832. The van der Waals surface area contributed by atoms with Crippen molar-refractivity contribution in [1.82, 2.24) is 5.32 Å². The van der Waals surface area contributed by atoms with E-state index in [9.17, 15) is 9.59 Å². The van der Waals surface area contributed by atoms with Crippen LogP contribution in [-0.4, -0.2) is 18.4 Å². The molecule has 1 aromatic carbocycles. The van der Waals surface area contributed by atoms with Gasteiger partial charge in [-0.1, -0.05) is 25.5 Å². The molecule has 0 aliphatic heterocycles. The Morgan fingerprint density at radius 1 is 1.28 bits per heavy atom. The summed E-state index contributed by atoms with van der Waals surface area (Å²) in [7, 11) is 0. The summed E-state index contributed by atoms with van der Waals surface area (Å²) >= 11 is 0. The lowest BCUT2D eigenvalue weighted by molar-refractivity contribution is 0.0950. The first kappa shape index (κ1) is 13.7. The number of hydrogen-bond donors (Lipinski definition) is 1. The molecular weight excluding hydrogens is 232 g/mol. The molecule has 6 nitrogen and oxygen atoms in total. The minimum Gasteiger partial charge on any atom is -0.352 e. The maximum Gasteiger partial charge on any atom is 0.251 e. The second-order valence-electron chi connectivity index (χ2n) is 3.68. The number of benzene rings is 1. The van der Waals surface area contributed by atoms with E-state index in [0.717, 1.165) is 12.8 Å². The molecule has 2 amide bonds. The summed E-state index contributed by atoms with van der Waals surface area (Å²) in [4.78, 5) is 25.3. The highest BCUT2D eigenvalue weighted by molar-refractivity contribution is 5.98. The fourth-order valence-electron chi connectivity index (χ4n) is 1.34. The molecule has 0 aromatic heterocycles. The lowest BCUT2D eigenvalue weighted by Crippen LogP contribution is -2.24. The molecule has 0 saturated heterocycles. The van der Waals surface area contributed by atoms with Crippen molar-refractivity contribution in [3.05, 3.63) is 45.8 Å². The number of nitrogens with zero attached hydrogens (tertiary/aromatic N) is 3. The zero-order valence-corrected chi connectivity index (χ0v) is 10.1. The molecule has 0 bridgehead atoms. The SMILES string of the molecule is CCCCNC(=O)c1ccc(C(=O)N=[N+]=[N-])cc1. The molecule has 94 valence electrons. The number of azide groups is 1. The zero-order valence-electron chi connectivity index (χ0n) is 10.1. The summed E-state index contributed by atoms with van der Waals surface area (Å²) in [5.41, 5.74) is 8.87. The average Bonchev–Trinajstić information content (AvgIpc) is 2.39. The predicted octanol–water partition coefficient (Wildman–Crippen LogP) is 2.67. The van der Waals surface area contributed by atoms with Gasteiger partial charge < -0.3 is 5.32 Å². The van der Waals surface area contributed by atoms with E-state index in [1.54, 1.807) is 0 Å². The van der Waals surface area contributed by atoms with Crippen molar-refractivity contribution in [2.24, 2.45) is 5.11 Å². The predicted molar refractivity (Wildman–Crippen MR) is 67.2 cm³/mol. The number of carbonyl (C=O) groups is 2. The van der Waals surface area contributed by atoms with Gasteiger partial charge in [0.05, 0.1) is 0 Å². The van der Waals surface area contributed by atoms with Crippen LogP contribution in [0.2, 0.25) is 0 Å². The quantitative estimate of drug-likeness (QED) is 0.374. The molecule has 0 radical (unpaired) electrons. The van der Waals surface area contributed by atoms with Crippen LogP contribution in [0.1, 0.15) is 40.5 Å². The molecule has 1 N–H and O–H groups in total. The van der Waals surface area contributed by atoms with Gasteiger partial charge in [-0.15, -0.1) is 0 Å². The van der Waals surface area contributed by atoms with Crippen molar-refractivity contribution in [1.29, 1.82) is 0 Å². The highest BCUT2D eigenvalue weighted by atomic mass is 16.2. The van der Waals surface area contributed by atoms with Crippen LogP contribution in [0.5, 0.6) is 0 Å². The molecule has 1 aromatic rings. The van der Waals surface area contributed by atoms with E-state index in [1.165, 1.54) is 24.3 Å². The van der Waals surface area contributed by atoms with Gasteiger partial charge in [0.2, 0.25) is 5.91 Å². The van der Waals surface area contributed by atoms with Crippen LogP contribution in [0.15, 0.2) is 29.4 Å². The minimum atomic E-state index is -0.657. The Bertz CT molecular complexity index is 475. The van der Waals surface area contributed by atoms with Crippen molar-refractivity contribution in [3.8, 4) is 0 Å². The Balaban J connectivity index is 2.67. The number of hydrogen-bond acceptors (Lipinski definition) is 2. The van der Waals surface area contributed by atoms with E-state index in [0.29, 0.717) is 12.1 Å². The van der Waals surface area contributed by atoms with Gasteiger partial charge >= 0.3 is 0 Å². The van der Waals surface area contributed by atoms with Gasteiger partial charge in [0.25, 0.3) is 5.91 Å². The number of nitrogens with one attached hydrogen (secondary N) is 1. The van der Waals surface area contributed by atoms with Crippen molar-refractivity contribution >= 4 is 11.8 Å². The van der Waals surface area contributed by atoms with Crippen molar-refractivity contribution in [2.45, 2.75) is 19.8 Å². The van der Waals surface area contributed by atoms with Gasteiger partial charge in [-0.3, -0.25) is 9.59 Å². The molecule has 18 heavy (non-hydrogen) atoms. The Kier molecular flexibility index (Phi) is 5.41. The van der Waals surface area contributed by atoms with Crippen LogP contribution in [0.4, 0.5) is 0 Å². The molecule has 1 rings (SSSR count). The van der Waals surface area contributed by atoms with E-state index in [1.807, 2.05) is 6.92 Å². The monoisotopic (exact) mass is 246 g/mol. The van der Waals surface area contributed by atoms with E-state index in [4.69, 9.17) is 5.53 Å². The van der Waals surface area contributed by atoms with Crippen LogP contribution in [0.3, 0.4) is 0 Å². The first-order valence-corrected chi connectivity index (χ1v) is 5.66. The van der Waals surface area contributed by atoms with Gasteiger partial charge in [-0.2, -0.15) is 0 Å². The molecule has 0 fully saturated rings. The first-order chi connectivity index (χ1) is 8.69. The summed E-state index contributed by atoms with van der Waals surface area (Å²) in [5, 5.41) is 5.74. The van der Waals surface area contributed by atoms with Crippen LogP contribution < -0.4 is 5.32 Å². The molecule has 0 saturated carbocycles. The summed E-state index contributed by atoms with van der Waals surface area (Å²) < 4.78 is 0. The molecular formula is C12H14N4O2. The normalized spacial score (nSPS) is 9.39. The number of amides is 2. The lowest BCUT2D eigenvalue weighted by Gasteiger charge is -2.04. The molecule has 0 heterocycles. The van der Waals surface area contributed by atoms with Crippen molar-refractivity contribution in [2.75, 3.05) is 6.54 Å². The minimum absolute atomic E-state index is 0.175. The van der Waals surface area contributed by atoms with E-state index >= 15 is 0 Å². The third-order valence-corrected chi connectivity index (χ3v) is 2.35. The fourth-order valence-corrected chi connectivity index (χ4v) is 1.34. The Morgan fingerprint density at radius 2 is 1.89 bits per heavy atom. The van der Waals surface area contributed by atoms with E-state index in [2.05, 4.69) is 15.3 Å². The van der Waals surface area contributed by atoms with Crippen LogP contribution >= 0.6 is 0 Å². The second-order valence-corrected chi connectivity index (χ2v) is 3.68. The van der Waals surface area contributed by atoms with Gasteiger partial charge in [-0.25, -0.2) is 0 Å². The summed E-state index contributed by atoms with van der Waals surface area (Å²) in [6.07, 6.45) is 1.94. The van der Waals surface area contributed by atoms with E-state index in [-0.39, 0.29) is 11.5 Å². The van der Waals surface area contributed by atoms with Gasteiger partial charge in [0.15, 0.2) is 0 Å². The van der Waals surface area contributed by atoms with Gasteiger partial charge in [0.1, 0.15) is 0 Å². The highest BCUT2D eigenvalue weighted by Gasteiger charge is 2.07. The highest BCUT2D eigenvalue weighted by Crippen LogP contribution is 2.06. The summed E-state index contributed by atoms with van der Waals surface area (Å²) in [6.45, 7) is 2.68. The molecule has 0 spiro atoms. The number of carbonyl (C=O) groups excluding carboxylic acids is 2. The third-order valence-electron chi connectivity index (χ3n) is 2.35. The molecule has 0 aliphatic carbocycles. The average molecular weight is 246 g/mol. The molecule has 0 atom stereocenters. The maximum absolute atomic E-state index is 11.6. The maximum atomic E-state index is 11.6. The fraction of sp³-hybridized carbons (Fsp3) is 0.333. The van der Waals surface area contributed by atoms with Crippen LogP contribution in [0.25, 0.3) is 10.4 Å². The molecule has 0 unspecified atom stereocenters. The van der Waals surface area contributed by atoms with Gasteiger partial charge in [0, 0.05) is 22.6 Å². The molecule has 0 aliphatic rings. The second kappa shape index (κ2) is 7.09. The third kappa shape index (κ3) is 3.92. The summed E-state index contributed by atoms with van der Waals surface area (Å²) in [6, 6.07) is 5.99. The Hall–Kier alpha value is -2.33. The molecule has 6 heteroatoms. The zero-order chi connectivity index (χ0) is 13.4. The standard InChI is InChI=1S/C12H14N4O2/c1-2-3-8-14-11(17)9-4-6-10(7-5-9)12(18)15-16-13/h4-7H,2-3,8H2,1H3,(H,14,17).